The third-order valence-electron chi connectivity index (χ3n) is 5.74. The van der Waals surface area contributed by atoms with Gasteiger partial charge in [0.25, 0.3) is 0 Å². The normalized spacial score (nSPS) is 11.4. The Morgan fingerprint density at radius 1 is 0.829 bits per heavy atom. The fraction of sp³-hybridized carbons (Fsp3) is 0.500. The minimum Gasteiger partial charge on any atom is -0.326 e. The van der Waals surface area contributed by atoms with E-state index in [1.165, 1.54) is 62.8 Å². The van der Waals surface area contributed by atoms with Crippen LogP contribution in [0.4, 0.5) is 18.9 Å². The Labute approximate surface area is 211 Å². The quantitative estimate of drug-likeness (QED) is 0.107. The molecule has 3 nitrogen and oxygen atoms in total. The van der Waals surface area contributed by atoms with Crippen LogP contribution in [0.25, 0.3) is 0 Å². The summed E-state index contributed by atoms with van der Waals surface area (Å²) in [4.78, 5) is 25.6. The number of nitrogens with one attached hydrogen (secondary N) is 1. The zero-order valence-electron chi connectivity index (χ0n) is 20.5. The smallest absolute Gasteiger partial charge is 0.326 e. The first-order chi connectivity index (χ1) is 16.8. The summed E-state index contributed by atoms with van der Waals surface area (Å²) in [5.74, 6) is -0.447. The first kappa shape index (κ1) is 29.0. The summed E-state index contributed by atoms with van der Waals surface area (Å²) < 4.78 is 39.8. The van der Waals surface area contributed by atoms with Crippen LogP contribution >= 0.6 is 11.8 Å². The number of hydrogen-bond donors (Lipinski definition) is 1. The third-order valence-corrected chi connectivity index (χ3v) is 6.90. The molecule has 2 aromatic rings. The van der Waals surface area contributed by atoms with E-state index in [9.17, 15) is 22.8 Å². The number of carbonyl (C=O) groups is 2. The summed E-state index contributed by atoms with van der Waals surface area (Å²) in [6.45, 7) is 2.21. The fourth-order valence-corrected chi connectivity index (χ4v) is 4.85. The van der Waals surface area contributed by atoms with Crippen LogP contribution in [-0.4, -0.2) is 17.4 Å². The number of ketones is 1. The zero-order chi connectivity index (χ0) is 25.5. The molecule has 0 bridgehead atoms. The number of carbonyl (C=O) groups excluding carboxylic acids is 2. The van der Waals surface area contributed by atoms with Gasteiger partial charge in [-0.1, -0.05) is 82.9 Å². The molecule has 0 aliphatic heterocycles. The van der Waals surface area contributed by atoms with Gasteiger partial charge in [0.15, 0.2) is 5.78 Å². The molecular weight excluding hydrogens is 471 g/mol. The molecule has 0 saturated heterocycles. The van der Waals surface area contributed by atoms with Gasteiger partial charge in [-0.2, -0.15) is 13.2 Å². The molecule has 192 valence electrons. The molecule has 0 aliphatic rings. The molecular formula is C28H36F3NO2S. The van der Waals surface area contributed by atoms with E-state index in [0.29, 0.717) is 10.6 Å². The second-order valence-electron chi connectivity index (χ2n) is 8.75. The summed E-state index contributed by atoms with van der Waals surface area (Å²) in [6, 6.07) is 11.9. The highest BCUT2D eigenvalue weighted by molar-refractivity contribution is 7.99. The van der Waals surface area contributed by atoms with Crippen molar-refractivity contribution < 1.29 is 22.8 Å². The summed E-state index contributed by atoms with van der Waals surface area (Å²) in [6.07, 6.45) is 6.99. The number of alkyl halides is 3. The Balaban J connectivity index is 1.87. The van der Waals surface area contributed by atoms with Crippen molar-refractivity contribution in [3.05, 3.63) is 59.7 Å². The summed E-state index contributed by atoms with van der Waals surface area (Å²) in [5, 5.41) is 2.61. The molecule has 0 fully saturated rings. The third kappa shape index (κ3) is 11.3. The Hall–Kier alpha value is -2.28. The van der Waals surface area contributed by atoms with Gasteiger partial charge in [0.1, 0.15) is 0 Å². The van der Waals surface area contributed by atoms with E-state index in [0.717, 1.165) is 37.1 Å². The van der Waals surface area contributed by atoms with Gasteiger partial charge < -0.3 is 5.32 Å². The molecule has 0 saturated carbocycles. The Morgan fingerprint density at radius 2 is 1.43 bits per heavy atom. The van der Waals surface area contributed by atoms with Crippen LogP contribution < -0.4 is 5.32 Å². The average molecular weight is 508 g/mol. The predicted octanol–water partition coefficient (Wildman–Crippen LogP) is 8.93. The topological polar surface area (TPSA) is 46.2 Å². The predicted molar refractivity (Wildman–Crippen MR) is 138 cm³/mol. The molecule has 0 atom stereocenters. The second-order valence-corrected chi connectivity index (χ2v) is 9.89. The molecule has 0 unspecified atom stereocenters. The van der Waals surface area contributed by atoms with Gasteiger partial charge in [-0.15, -0.1) is 11.8 Å². The van der Waals surface area contributed by atoms with Crippen LogP contribution in [0, 0.1) is 0 Å². The van der Waals surface area contributed by atoms with E-state index < -0.39 is 29.9 Å². The molecule has 1 N–H and O–H groups in total. The van der Waals surface area contributed by atoms with Crippen molar-refractivity contribution >= 4 is 29.1 Å². The molecule has 7 heteroatoms. The van der Waals surface area contributed by atoms with Crippen molar-refractivity contribution in [2.45, 2.75) is 88.6 Å². The minimum atomic E-state index is -4.55. The Morgan fingerprint density at radius 3 is 2.03 bits per heavy atom. The number of benzene rings is 2. The number of Topliss-reactive ketones (excluding diaryl/α,β-unsaturated/α-hetero) is 1. The lowest BCUT2D eigenvalue weighted by atomic mass is 10.0. The number of thioether (sulfide) groups is 1. The van der Waals surface area contributed by atoms with Crippen LogP contribution in [0.15, 0.2) is 53.4 Å². The van der Waals surface area contributed by atoms with Crippen LogP contribution in [-0.2, 0) is 11.0 Å². The first-order valence-electron chi connectivity index (χ1n) is 12.5. The lowest BCUT2D eigenvalue weighted by molar-refractivity contribution is -0.137. The maximum absolute atomic E-state index is 13.3. The van der Waals surface area contributed by atoms with Gasteiger partial charge >= 0.3 is 6.18 Å². The number of amides is 1. The van der Waals surface area contributed by atoms with Crippen molar-refractivity contribution in [1.29, 1.82) is 0 Å². The molecule has 1 amide bonds. The number of rotatable bonds is 16. The van der Waals surface area contributed by atoms with Crippen LogP contribution in [0.1, 0.15) is 93.5 Å². The van der Waals surface area contributed by atoms with Gasteiger partial charge in [0.2, 0.25) is 5.91 Å². The standard InChI is InChI=1S/C28H36F3NO2S/c1-2-3-4-5-6-7-8-9-10-14-19-35-26-18-17-22(28(29,30)31)20-24(26)25(33)21-27(34)32-23-15-12-11-13-16-23/h11-13,15-18,20H,2-10,14,19,21H2,1H3,(H,32,34). The van der Waals surface area contributed by atoms with Crippen LogP contribution in [0.2, 0.25) is 0 Å². The van der Waals surface area contributed by atoms with Crippen molar-refractivity contribution in [1.82, 2.24) is 0 Å². The van der Waals surface area contributed by atoms with E-state index in [2.05, 4.69) is 12.2 Å². The van der Waals surface area contributed by atoms with E-state index >= 15 is 0 Å². The molecule has 0 heterocycles. The first-order valence-corrected chi connectivity index (χ1v) is 13.5. The summed E-state index contributed by atoms with van der Waals surface area (Å²) >= 11 is 1.38. The van der Waals surface area contributed by atoms with E-state index in [1.807, 2.05) is 0 Å². The highest BCUT2D eigenvalue weighted by atomic mass is 32.2. The van der Waals surface area contributed by atoms with E-state index in [-0.39, 0.29) is 5.56 Å². The largest absolute Gasteiger partial charge is 0.416 e. The maximum Gasteiger partial charge on any atom is 0.416 e. The van der Waals surface area contributed by atoms with Gasteiger partial charge in [-0.25, -0.2) is 0 Å². The molecule has 2 rings (SSSR count). The number of unbranched alkanes of at least 4 members (excludes halogenated alkanes) is 9. The molecule has 2 aromatic carbocycles. The number of hydrogen-bond acceptors (Lipinski definition) is 3. The second kappa shape index (κ2) is 15.7. The summed E-state index contributed by atoms with van der Waals surface area (Å²) in [7, 11) is 0. The van der Waals surface area contributed by atoms with Gasteiger partial charge in [0, 0.05) is 16.1 Å². The van der Waals surface area contributed by atoms with E-state index in [4.69, 9.17) is 0 Å². The molecule has 0 spiro atoms. The minimum absolute atomic E-state index is 0.0416. The Kier molecular flexibility index (Phi) is 13.0. The van der Waals surface area contributed by atoms with Crippen LogP contribution in [0.3, 0.4) is 0 Å². The average Bonchev–Trinajstić information content (AvgIpc) is 2.82. The highest BCUT2D eigenvalue weighted by Crippen LogP contribution is 2.34. The molecule has 0 aliphatic carbocycles. The van der Waals surface area contributed by atoms with E-state index in [1.54, 1.807) is 30.3 Å². The molecule has 0 aromatic heterocycles. The lowest BCUT2D eigenvalue weighted by Gasteiger charge is -2.13. The molecule has 0 radical (unpaired) electrons. The van der Waals surface area contributed by atoms with Crippen molar-refractivity contribution in [3.63, 3.8) is 0 Å². The maximum atomic E-state index is 13.3. The Bertz CT molecular complexity index is 916. The van der Waals surface area contributed by atoms with Crippen molar-refractivity contribution in [2.24, 2.45) is 0 Å². The summed E-state index contributed by atoms with van der Waals surface area (Å²) in [5.41, 5.74) is -0.391. The highest BCUT2D eigenvalue weighted by Gasteiger charge is 2.32. The van der Waals surface area contributed by atoms with Crippen molar-refractivity contribution in [2.75, 3.05) is 11.1 Å². The number of halogens is 3. The monoisotopic (exact) mass is 507 g/mol. The number of para-hydroxylation sites is 1. The van der Waals surface area contributed by atoms with Gasteiger partial charge in [0.05, 0.1) is 12.0 Å². The van der Waals surface area contributed by atoms with Crippen LogP contribution in [0.5, 0.6) is 0 Å². The number of anilines is 1. The SMILES string of the molecule is CCCCCCCCCCCCSc1ccc(C(F)(F)F)cc1C(=O)CC(=O)Nc1ccccc1. The fourth-order valence-electron chi connectivity index (χ4n) is 3.79. The van der Waals surface area contributed by atoms with Gasteiger partial charge in [-0.3, -0.25) is 9.59 Å². The van der Waals surface area contributed by atoms with Gasteiger partial charge in [-0.05, 0) is 42.5 Å². The zero-order valence-corrected chi connectivity index (χ0v) is 21.3. The van der Waals surface area contributed by atoms with Crippen molar-refractivity contribution in [3.8, 4) is 0 Å². The lowest BCUT2D eigenvalue weighted by Crippen LogP contribution is -2.17. The molecule has 35 heavy (non-hydrogen) atoms.